The maximum Gasteiger partial charge on any atom is 0.0220 e. The Morgan fingerprint density at radius 1 is 1.17 bits per heavy atom. The Kier molecular flexibility index (Phi) is 6.65. The van der Waals surface area contributed by atoms with Crippen molar-refractivity contribution < 1.29 is 0 Å². The van der Waals surface area contributed by atoms with Gasteiger partial charge >= 0.3 is 0 Å². The van der Waals surface area contributed by atoms with Gasteiger partial charge in [0.25, 0.3) is 0 Å². The number of nitrogens with zero attached hydrogens (tertiary/aromatic N) is 1. The van der Waals surface area contributed by atoms with Crippen LogP contribution < -0.4 is 5.32 Å². The van der Waals surface area contributed by atoms with Gasteiger partial charge in [-0.3, -0.25) is 0 Å². The van der Waals surface area contributed by atoms with Crippen LogP contribution in [0.5, 0.6) is 0 Å². The van der Waals surface area contributed by atoms with E-state index in [0.29, 0.717) is 11.5 Å². The number of piperidine rings is 1. The molecule has 1 saturated heterocycles. The molecule has 1 aliphatic rings. The molecule has 0 aromatic rings. The second-order valence-electron chi connectivity index (χ2n) is 6.51. The van der Waals surface area contributed by atoms with E-state index in [1.54, 1.807) is 0 Å². The zero-order valence-electron chi connectivity index (χ0n) is 13.3. The van der Waals surface area contributed by atoms with Crippen LogP contribution in [0.25, 0.3) is 0 Å². The molecule has 1 N–H and O–H groups in total. The van der Waals surface area contributed by atoms with Crippen LogP contribution in [0.4, 0.5) is 0 Å². The lowest BCUT2D eigenvalue weighted by Gasteiger charge is -2.41. The van der Waals surface area contributed by atoms with Gasteiger partial charge in [0.1, 0.15) is 0 Å². The molecule has 0 spiro atoms. The summed E-state index contributed by atoms with van der Waals surface area (Å²) in [6, 6.07) is 0.672. The summed E-state index contributed by atoms with van der Waals surface area (Å²) in [5.74, 6) is 0.782. The average molecular weight is 254 g/mol. The highest BCUT2D eigenvalue weighted by Crippen LogP contribution is 2.34. The fraction of sp³-hybridized carbons (Fsp3) is 1.00. The Balaban J connectivity index is 2.42. The first-order chi connectivity index (χ1) is 8.54. The third-order valence-corrected chi connectivity index (χ3v) is 5.17. The first-order valence-electron chi connectivity index (χ1n) is 8.00. The van der Waals surface area contributed by atoms with Crippen LogP contribution in [0, 0.1) is 11.3 Å². The van der Waals surface area contributed by atoms with Crippen LogP contribution in [0.3, 0.4) is 0 Å². The van der Waals surface area contributed by atoms with E-state index >= 15 is 0 Å². The summed E-state index contributed by atoms with van der Waals surface area (Å²) in [6.07, 6.45) is 5.37. The van der Waals surface area contributed by atoms with Crippen molar-refractivity contribution in [2.45, 2.75) is 66.3 Å². The van der Waals surface area contributed by atoms with Crippen molar-refractivity contribution in [3.63, 3.8) is 0 Å². The maximum atomic E-state index is 3.67. The van der Waals surface area contributed by atoms with Crippen LogP contribution in [0.15, 0.2) is 0 Å². The molecule has 2 unspecified atom stereocenters. The lowest BCUT2D eigenvalue weighted by Crippen LogP contribution is -2.48. The molecule has 108 valence electrons. The third-order valence-electron chi connectivity index (χ3n) is 5.17. The Morgan fingerprint density at radius 3 is 2.22 bits per heavy atom. The Labute approximate surface area is 115 Å². The molecule has 0 saturated carbocycles. The van der Waals surface area contributed by atoms with Crippen molar-refractivity contribution in [1.82, 2.24) is 10.2 Å². The minimum atomic E-state index is 0.612. The molecule has 0 radical (unpaired) electrons. The van der Waals surface area contributed by atoms with Crippen molar-refractivity contribution in [2.75, 3.05) is 26.2 Å². The number of nitrogens with one attached hydrogen (secondary N) is 1. The zero-order valence-corrected chi connectivity index (χ0v) is 13.3. The monoisotopic (exact) mass is 254 g/mol. The number of rotatable bonds is 7. The van der Waals surface area contributed by atoms with Crippen molar-refractivity contribution in [2.24, 2.45) is 11.3 Å². The lowest BCUT2D eigenvalue weighted by molar-refractivity contribution is 0.0992. The fourth-order valence-electron chi connectivity index (χ4n) is 2.90. The number of hydrogen-bond donors (Lipinski definition) is 1. The van der Waals surface area contributed by atoms with Gasteiger partial charge in [0.15, 0.2) is 0 Å². The van der Waals surface area contributed by atoms with Gasteiger partial charge in [0, 0.05) is 12.6 Å². The van der Waals surface area contributed by atoms with Crippen molar-refractivity contribution in [3.8, 4) is 0 Å². The van der Waals surface area contributed by atoms with E-state index in [0.717, 1.165) is 12.5 Å². The zero-order chi connectivity index (χ0) is 13.6. The van der Waals surface area contributed by atoms with E-state index in [-0.39, 0.29) is 0 Å². The van der Waals surface area contributed by atoms with Crippen molar-refractivity contribution in [1.29, 1.82) is 0 Å². The van der Waals surface area contributed by atoms with Crippen molar-refractivity contribution >= 4 is 0 Å². The predicted octanol–water partition coefficient (Wildman–Crippen LogP) is 3.52. The largest absolute Gasteiger partial charge is 0.313 e. The first-order valence-corrected chi connectivity index (χ1v) is 8.00. The highest BCUT2D eigenvalue weighted by atomic mass is 15.2. The van der Waals surface area contributed by atoms with Crippen LogP contribution in [-0.2, 0) is 0 Å². The Bertz CT molecular complexity index is 219. The van der Waals surface area contributed by atoms with Crippen molar-refractivity contribution in [3.05, 3.63) is 0 Å². The van der Waals surface area contributed by atoms with Gasteiger partial charge in [-0.05, 0) is 43.8 Å². The van der Waals surface area contributed by atoms with E-state index < -0.39 is 0 Å². The maximum absolute atomic E-state index is 3.67. The smallest absolute Gasteiger partial charge is 0.0220 e. The van der Waals surface area contributed by atoms with Gasteiger partial charge in [-0.15, -0.1) is 0 Å². The quantitative estimate of drug-likeness (QED) is 0.748. The van der Waals surface area contributed by atoms with E-state index in [2.05, 4.69) is 44.8 Å². The van der Waals surface area contributed by atoms with E-state index in [1.807, 2.05) is 0 Å². The molecular weight excluding hydrogens is 220 g/mol. The molecule has 0 bridgehead atoms. The standard InChI is InChI=1S/C16H34N2/c1-6-14(4)15(17-8-3)13-18-11-9-16(5,7-2)10-12-18/h14-15,17H,6-13H2,1-5H3. The summed E-state index contributed by atoms with van der Waals surface area (Å²) < 4.78 is 0. The van der Waals surface area contributed by atoms with E-state index in [1.165, 1.54) is 45.3 Å². The van der Waals surface area contributed by atoms with Gasteiger partial charge in [-0.2, -0.15) is 0 Å². The van der Waals surface area contributed by atoms with Gasteiger partial charge in [-0.1, -0.05) is 47.5 Å². The highest BCUT2D eigenvalue weighted by molar-refractivity contribution is 4.84. The second kappa shape index (κ2) is 7.49. The van der Waals surface area contributed by atoms with E-state index in [9.17, 15) is 0 Å². The van der Waals surface area contributed by atoms with Crippen LogP contribution in [0.2, 0.25) is 0 Å². The lowest BCUT2D eigenvalue weighted by atomic mass is 9.78. The molecule has 2 heteroatoms. The number of likely N-dealkylation sites (tertiary alicyclic amines) is 1. The van der Waals surface area contributed by atoms with Gasteiger partial charge in [0.05, 0.1) is 0 Å². The fourth-order valence-corrected chi connectivity index (χ4v) is 2.90. The Morgan fingerprint density at radius 2 is 1.78 bits per heavy atom. The molecule has 2 atom stereocenters. The summed E-state index contributed by atoms with van der Waals surface area (Å²) in [7, 11) is 0. The summed E-state index contributed by atoms with van der Waals surface area (Å²) in [5, 5.41) is 3.67. The number of hydrogen-bond acceptors (Lipinski definition) is 2. The molecular formula is C16H34N2. The summed E-state index contributed by atoms with van der Waals surface area (Å²) in [4.78, 5) is 2.68. The minimum absolute atomic E-state index is 0.612. The highest BCUT2D eigenvalue weighted by Gasteiger charge is 2.29. The number of likely N-dealkylation sites (N-methyl/N-ethyl adjacent to an activating group) is 1. The van der Waals surface area contributed by atoms with Gasteiger partial charge < -0.3 is 10.2 Å². The predicted molar refractivity (Wildman–Crippen MR) is 81.0 cm³/mol. The van der Waals surface area contributed by atoms with Gasteiger partial charge in [-0.25, -0.2) is 0 Å². The second-order valence-corrected chi connectivity index (χ2v) is 6.51. The summed E-state index contributed by atoms with van der Waals surface area (Å²) >= 11 is 0. The molecule has 1 fully saturated rings. The molecule has 18 heavy (non-hydrogen) atoms. The van der Waals surface area contributed by atoms with Crippen LogP contribution in [0.1, 0.15) is 60.3 Å². The summed E-state index contributed by atoms with van der Waals surface area (Å²) in [5.41, 5.74) is 0.612. The molecule has 0 aromatic carbocycles. The summed E-state index contributed by atoms with van der Waals surface area (Å²) in [6.45, 7) is 16.6. The molecule has 1 heterocycles. The average Bonchev–Trinajstić information content (AvgIpc) is 2.40. The van der Waals surface area contributed by atoms with E-state index in [4.69, 9.17) is 0 Å². The molecule has 0 aromatic heterocycles. The molecule has 2 nitrogen and oxygen atoms in total. The first kappa shape index (κ1) is 16.0. The third kappa shape index (κ3) is 4.55. The molecule has 1 rings (SSSR count). The Hall–Kier alpha value is -0.0800. The topological polar surface area (TPSA) is 15.3 Å². The molecule has 0 amide bonds. The van der Waals surface area contributed by atoms with Gasteiger partial charge in [0.2, 0.25) is 0 Å². The molecule has 1 aliphatic heterocycles. The SMILES string of the molecule is CCNC(CN1CCC(C)(CC)CC1)C(C)CC. The normalized spacial score (nSPS) is 23.8. The molecule has 0 aliphatic carbocycles. The minimum Gasteiger partial charge on any atom is -0.313 e. The van der Waals surface area contributed by atoms with Crippen LogP contribution in [-0.4, -0.2) is 37.1 Å². The van der Waals surface area contributed by atoms with Crippen LogP contribution >= 0.6 is 0 Å².